The van der Waals surface area contributed by atoms with Crippen LogP contribution in [0.3, 0.4) is 0 Å². The van der Waals surface area contributed by atoms with Crippen molar-refractivity contribution in [2.75, 3.05) is 0 Å². The lowest BCUT2D eigenvalue weighted by Crippen LogP contribution is -1.96. The zero-order chi connectivity index (χ0) is 39.1. The Balaban J connectivity index is 1.29. The van der Waals surface area contributed by atoms with Crippen LogP contribution in [0.2, 0.25) is 0 Å². The molecule has 2 aromatic heterocycles. The van der Waals surface area contributed by atoms with Gasteiger partial charge in [0.1, 0.15) is 0 Å². The lowest BCUT2D eigenvalue weighted by Gasteiger charge is -2.13. The quantitative estimate of drug-likeness (QED) is 0.177. The first-order valence-electron chi connectivity index (χ1n) is 20.1. The SMILES string of the molecule is [2H]c1c([2H])c([2H])c2c(c1[2H])c1c([2H])c(-c3ccc4c(c3)c3cccc(-c5ccccc5)c3n4-c3cccc(-c4ccccc4)c3)c([2H])c([2H])c1n2-c1ccccc1. The predicted molar refractivity (Wildman–Crippen MR) is 211 cm³/mol. The lowest BCUT2D eigenvalue weighted by molar-refractivity contribution is 1.18. The number of hydrogen-bond donors (Lipinski definition) is 0. The summed E-state index contributed by atoms with van der Waals surface area (Å²) in [5, 5.41) is 2.26. The van der Waals surface area contributed by atoms with E-state index in [-0.39, 0.29) is 57.6 Å². The highest BCUT2D eigenvalue weighted by molar-refractivity contribution is 6.15. The second-order valence-electron chi connectivity index (χ2n) is 12.4. The third-order valence-electron chi connectivity index (χ3n) is 9.54. The number of fused-ring (bicyclic) bond motifs is 6. The summed E-state index contributed by atoms with van der Waals surface area (Å²) in [5.74, 6) is 0. The van der Waals surface area contributed by atoms with Gasteiger partial charge < -0.3 is 9.13 Å². The molecule has 0 radical (unpaired) electrons. The minimum Gasteiger partial charge on any atom is -0.309 e. The van der Waals surface area contributed by atoms with Gasteiger partial charge in [-0.1, -0.05) is 139 Å². The average molecular weight is 644 g/mol. The molecule has 0 atom stereocenters. The summed E-state index contributed by atoms with van der Waals surface area (Å²) in [4.78, 5) is 0. The second-order valence-corrected chi connectivity index (χ2v) is 12.4. The van der Waals surface area contributed by atoms with Gasteiger partial charge in [-0.05, 0) is 82.3 Å². The van der Waals surface area contributed by atoms with Crippen molar-refractivity contribution in [1.82, 2.24) is 9.13 Å². The molecule has 0 aliphatic rings. The third-order valence-corrected chi connectivity index (χ3v) is 9.54. The van der Waals surface area contributed by atoms with Crippen molar-refractivity contribution < 1.29 is 9.60 Å². The third kappa shape index (κ3) is 4.50. The summed E-state index contributed by atoms with van der Waals surface area (Å²) < 4.78 is 67.6. The Labute approximate surface area is 300 Å². The van der Waals surface area contributed by atoms with Crippen molar-refractivity contribution in [2.24, 2.45) is 0 Å². The van der Waals surface area contributed by atoms with E-state index in [4.69, 9.17) is 5.48 Å². The van der Waals surface area contributed by atoms with Crippen LogP contribution in [-0.4, -0.2) is 9.13 Å². The zero-order valence-corrected chi connectivity index (χ0v) is 26.8. The smallest absolute Gasteiger partial charge is 0.0645 e. The molecule has 0 spiro atoms. The molecule has 50 heavy (non-hydrogen) atoms. The van der Waals surface area contributed by atoms with Crippen LogP contribution in [0.15, 0.2) is 194 Å². The number of rotatable bonds is 5. The Morgan fingerprint density at radius 1 is 0.360 bits per heavy atom. The molecule has 0 amide bonds. The van der Waals surface area contributed by atoms with Gasteiger partial charge in [0.15, 0.2) is 0 Å². The fourth-order valence-corrected chi connectivity index (χ4v) is 7.29. The Hall–Kier alpha value is -6.64. The van der Waals surface area contributed by atoms with Crippen molar-refractivity contribution >= 4 is 43.6 Å². The second kappa shape index (κ2) is 11.5. The van der Waals surface area contributed by atoms with E-state index in [1.807, 2.05) is 78.9 Å². The fraction of sp³-hybridized carbons (Fsp3) is 0. The highest BCUT2D eigenvalue weighted by Crippen LogP contribution is 2.41. The fourth-order valence-electron chi connectivity index (χ4n) is 7.29. The topological polar surface area (TPSA) is 9.86 Å². The molecular weight excluding hydrogens is 605 g/mol. The standard InChI is InChI=1S/C48H32N2/c1-4-14-33(15-5-1)35-18-12-21-39(30-35)50-47-29-27-37(32-44(47)42-24-13-23-40(48(42)50)34-16-6-2-7-17-34)36-26-28-46-43(31-36)41-22-10-11-25-45(41)49(46)38-19-8-3-9-20-38/h1-32H/i10D,11D,22D,25D,26D,28D,31D. The number of nitrogens with zero attached hydrogens (tertiary/aromatic N) is 2. The molecule has 0 N–H and O–H groups in total. The van der Waals surface area contributed by atoms with Gasteiger partial charge in [0.25, 0.3) is 0 Å². The van der Waals surface area contributed by atoms with E-state index in [0.29, 0.717) is 11.3 Å². The molecule has 8 aromatic carbocycles. The van der Waals surface area contributed by atoms with Crippen LogP contribution >= 0.6 is 0 Å². The zero-order valence-electron chi connectivity index (χ0n) is 33.8. The van der Waals surface area contributed by atoms with Crippen LogP contribution in [0.25, 0.3) is 88.4 Å². The molecule has 0 aliphatic carbocycles. The van der Waals surface area contributed by atoms with E-state index >= 15 is 0 Å². The van der Waals surface area contributed by atoms with Crippen molar-refractivity contribution in [1.29, 1.82) is 0 Å². The van der Waals surface area contributed by atoms with Gasteiger partial charge >= 0.3 is 0 Å². The van der Waals surface area contributed by atoms with Crippen LogP contribution in [0.5, 0.6) is 0 Å². The van der Waals surface area contributed by atoms with Crippen molar-refractivity contribution in [3.63, 3.8) is 0 Å². The molecule has 0 bridgehead atoms. The van der Waals surface area contributed by atoms with Gasteiger partial charge in [0.05, 0.1) is 31.7 Å². The maximum absolute atomic E-state index is 9.75. The first-order valence-corrected chi connectivity index (χ1v) is 16.6. The van der Waals surface area contributed by atoms with Gasteiger partial charge in [-0.15, -0.1) is 0 Å². The Morgan fingerprint density at radius 3 is 1.84 bits per heavy atom. The first-order chi connectivity index (χ1) is 27.7. The summed E-state index contributed by atoms with van der Waals surface area (Å²) in [7, 11) is 0. The molecule has 0 aliphatic heterocycles. The molecule has 10 aromatic rings. The molecule has 0 saturated carbocycles. The molecule has 10 rings (SSSR count). The highest BCUT2D eigenvalue weighted by atomic mass is 15.0. The van der Waals surface area contributed by atoms with E-state index in [2.05, 4.69) is 65.2 Å². The summed E-state index contributed by atoms with van der Waals surface area (Å²) in [6, 6.07) is 48.5. The van der Waals surface area contributed by atoms with Gasteiger partial charge in [-0.25, -0.2) is 0 Å². The van der Waals surface area contributed by atoms with E-state index in [1.165, 1.54) is 0 Å². The van der Waals surface area contributed by atoms with Crippen LogP contribution in [-0.2, 0) is 0 Å². The Kier molecular flexibility index (Phi) is 5.08. The van der Waals surface area contributed by atoms with Gasteiger partial charge in [-0.2, -0.15) is 0 Å². The van der Waals surface area contributed by atoms with Crippen LogP contribution in [0.1, 0.15) is 9.60 Å². The normalized spacial score (nSPS) is 13.6. The van der Waals surface area contributed by atoms with Crippen molar-refractivity contribution in [2.45, 2.75) is 0 Å². The Morgan fingerprint density at radius 2 is 1.02 bits per heavy atom. The van der Waals surface area contributed by atoms with Crippen LogP contribution in [0.4, 0.5) is 0 Å². The number of para-hydroxylation sites is 3. The van der Waals surface area contributed by atoms with Gasteiger partial charge in [0, 0.05) is 38.5 Å². The van der Waals surface area contributed by atoms with Gasteiger partial charge in [-0.3, -0.25) is 0 Å². The lowest BCUT2D eigenvalue weighted by atomic mass is 9.99. The maximum atomic E-state index is 9.75. The summed E-state index contributed by atoms with van der Waals surface area (Å²) in [6.45, 7) is 0. The summed E-state index contributed by atoms with van der Waals surface area (Å²) in [5.41, 5.74) is 8.96. The molecule has 2 heterocycles. The molecule has 0 saturated heterocycles. The number of aromatic nitrogens is 2. The minimum atomic E-state index is -0.415. The molecule has 2 heteroatoms. The highest BCUT2D eigenvalue weighted by Gasteiger charge is 2.19. The largest absolute Gasteiger partial charge is 0.309 e. The average Bonchev–Trinajstić information content (AvgIpc) is 3.80. The molecule has 2 nitrogen and oxygen atoms in total. The summed E-state index contributed by atoms with van der Waals surface area (Å²) >= 11 is 0. The summed E-state index contributed by atoms with van der Waals surface area (Å²) in [6.07, 6.45) is 0. The van der Waals surface area contributed by atoms with E-state index in [1.54, 1.807) is 16.7 Å². The van der Waals surface area contributed by atoms with E-state index < -0.39 is 12.1 Å². The monoisotopic (exact) mass is 643 g/mol. The predicted octanol–water partition coefficient (Wildman–Crippen LogP) is 12.9. The molecular formula is C48H32N2. The molecule has 0 fully saturated rings. The minimum absolute atomic E-state index is 0.0701. The van der Waals surface area contributed by atoms with Crippen LogP contribution in [0, 0.1) is 0 Å². The number of hydrogen-bond acceptors (Lipinski definition) is 0. The number of benzene rings is 8. The Bertz CT molecular complexity index is 3240. The van der Waals surface area contributed by atoms with Crippen LogP contribution < -0.4 is 0 Å². The first kappa shape index (κ1) is 22.1. The molecule has 0 unspecified atom stereocenters. The maximum Gasteiger partial charge on any atom is 0.0645 e. The van der Waals surface area contributed by atoms with Gasteiger partial charge in [0.2, 0.25) is 0 Å². The van der Waals surface area contributed by atoms with Crippen molar-refractivity contribution in [3.05, 3.63) is 194 Å². The molecule has 234 valence electrons. The van der Waals surface area contributed by atoms with E-state index in [9.17, 15) is 4.11 Å². The van der Waals surface area contributed by atoms with E-state index in [0.717, 1.165) is 49.7 Å². The van der Waals surface area contributed by atoms with Crippen molar-refractivity contribution in [3.8, 4) is 44.8 Å².